The van der Waals surface area contributed by atoms with E-state index >= 15 is 0 Å². The van der Waals surface area contributed by atoms with E-state index in [1.165, 1.54) is 23.2 Å². The van der Waals surface area contributed by atoms with Gasteiger partial charge < -0.3 is 9.47 Å². The molecule has 158 valence electrons. The van der Waals surface area contributed by atoms with E-state index in [1.807, 2.05) is 12.1 Å². The number of rotatable bonds is 5. The summed E-state index contributed by atoms with van der Waals surface area (Å²) < 4.78 is 36.7. The number of aryl methyl sites for hydroxylation is 1. The molecule has 30 heavy (non-hydrogen) atoms. The number of nitrogens with zero attached hydrogens (tertiary/aromatic N) is 3. The highest BCUT2D eigenvalue weighted by Gasteiger charge is 2.26. The first kappa shape index (κ1) is 20.2. The van der Waals surface area contributed by atoms with Gasteiger partial charge in [-0.1, -0.05) is 12.1 Å². The van der Waals surface area contributed by atoms with Crippen molar-refractivity contribution in [1.82, 2.24) is 9.78 Å². The van der Waals surface area contributed by atoms with Crippen LogP contribution in [-0.2, 0) is 30.1 Å². The van der Waals surface area contributed by atoms with Gasteiger partial charge in [0, 0.05) is 25.4 Å². The van der Waals surface area contributed by atoms with E-state index in [0.717, 1.165) is 11.1 Å². The average Bonchev–Trinajstić information content (AvgIpc) is 3.14. The van der Waals surface area contributed by atoms with E-state index < -0.39 is 10.2 Å². The fourth-order valence-electron chi connectivity index (χ4n) is 3.87. The molecular weight excluding hydrogens is 408 g/mol. The van der Waals surface area contributed by atoms with Crippen molar-refractivity contribution in [2.45, 2.75) is 12.8 Å². The summed E-state index contributed by atoms with van der Waals surface area (Å²) in [6.45, 7) is 0.329. The Kier molecular flexibility index (Phi) is 4.91. The predicted molar refractivity (Wildman–Crippen MR) is 113 cm³/mol. The number of fused-ring (bicyclic) bond motifs is 2. The van der Waals surface area contributed by atoms with Gasteiger partial charge in [0.2, 0.25) is 0 Å². The minimum atomic E-state index is -3.78. The fraction of sp³-hybridized carbons (Fsp3) is 0.300. The maximum Gasteiger partial charge on any atom is 0.299 e. The fourth-order valence-corrected chi connectivity index (χ4v) is 4.67. The standard InChI is InChI=1S/C20H22N4O5S/c1-23-20(25)15-11-19(29-3)18(28-2)10-14(15)16(22-23)9-12-4-5-17-13(8-12)6-7-24(17)30(21,26)27/h4-5,8,10-11H,6-7,9H2,1-3H3,(H2,21,26,27). The van der Waals surface area contributed by atoms with E-state index in [4.69, 9.17) is 14.6 Å². The predicted octanol–water partition coefficient (Wildman–Crippen LogP) is 1.11. The molecule has 0 atom stereocenters. The van der Waals surface area contributed by atoms with E-state index in [2.05, 4.69) is 5.10 Å². The zero-order valence-corrected chi connectivity index (χ0v) is 17.7. The van der Waals surface area contributed by atoms with Crippen LogP contribution in [-0.4, -0.2) is 39.0 Å². The first-order valence-corrected chi connectivity index (χ1v) is 10.8. The molecule has 10 heteroatoms. The molecule has 0 saturated carbocycles. The molecule has 0 aliphatic carbocycles. The van der Waals surface area contributed by atoms with Crippen LogP contribution >= 0.6 is 0 Å². The van der Waals surface area contributed by atoms with Gasteiger partial charge in [0.1, 0.15) is 0 Å². The molecule has 3 aromatic rings. The Bertz CT molecular complexity index is 1320. The van der Waals surface area contributed by atoms with Gasteiger partial charge in [-0.05, 0) is 35.7 Å². The molecule has 4 rings (SSSR count). The van der Waals surface area contributed by atoms with Crippen molar-refractivity contribution in [3.63, 3.8) is 0 Å². The summed E-state index contributed by atoms with van der Waals surface area (Å²) in [6.07, 6.45) is 1.05. The number of hydrogen-bond donors (Lipinski definition) is 1. The topological polar surface area (TPSA) is 117 Å². The molecule has 9 nitrogen and oxygen atoms in total. The molecule has 0 spiro atoms. The molecule has 0 bridgehead atoms. The van der Waals surface area contributed by atoms with Crippen LogP contribution in [0.3, 0.4) is 0 Å². The molecule has 1 aliphatic heterocycles. The first-order valence-electron chi connectivity index (χ1n) is 9.27. The molecule has 0 radical (unpaired) electrons. The Morgan fingerprint density at radius 1 is 1.10 bits per heavy atom. The van der Waals surface area contributed by atoms with Gasteiger partial charge in [0.15, 0.2) is 11.5 Å². The Labute approximate surface area is 173 Å². The zero-order chi connectivity index (χ0) is 21.6. The lowest BCUT2D eigenvalue weighted by molar-refractivity contribution is 0.355. The largest absolute Gasteiger partial charge is 0.493 e. The molecule has 1 aromatic heterocycles. The van der Waals surface area contributed by atoms with E-state index in [-0.39, 0.29) is 5.56 Å². The van der Waals surface area contributed by atoms with Crippen LogP contribution in [0.25, 0.3) is 10.8 Å². The van der Waals surface area contributed by atoms with Crippen molar-refractivity contribution in [1.29, 1.82) is 0 Å². The van der Waals surface area contributed by atoms with Crippen LogP contribution in [0.4, 0.5) is 5.69 Å². The number of methoxy groups -OCH3 is 2. The number of aromatic nitrogens is 2. The summed E-state index contributed by atoms with van der Waals surface area (Å²) in [7, 11) is 0.879. The van der Waals surface area contributed by atoms with Gasteiger partial charge in [-0.3, -0.25) is 9.10 Å². The normalized spacial score (nSPS) is 13.5. The summed E-state index contributed by atoms with van der Waals surface area (Å²) in [5, 5.41) is 10.9. The van der Waals surface area contributed by atoms with Crippen molar-refractivity contribution < 1.29 is 17.9 Å². The Morgan fingerprint density at radius 3 is 2.40 bits per heavy atom. The minimum absolute atomic E-state index is 0.229. The highest BCUT2D eigenvalue weighted by Crippen LogP contribution is 2.34. The molecule has 0 saturated heterocycles. The lowest BCUT2D eigenvalue weighted by atomic mass is 10.0. The Morgan fingerprint density at radius 2 is 1.77 bits per heavy atom. The quantitative estimate of drug-likeness (QED) is 0.648. The number of benzene rings is 2. The summed E-state index contributed by atoms with van der Waals surface area (Å²) >= 11 is 0. The Balaban J connectivity index is 1.80. The third-order valence-electron chi connectivity index (χ3n) is 5.31. The number of hydrogen-bond acceptors (Lipinski definition) is 6. The van der Waals surface area contributed by atoms with Crippen molar-refractivity contribution in [2.24, 2.45) is 12.2 Å². The van der Waals surface area contributed by atoms with Crippen LogP contribution < -0.4 is 24.5 Å². The molecule has 2 N–H and O–H groups in total. The maximum absolute atomic E-state index is 12.6. The monoisotopic (exact) mass is 430 g/mol. The number of nitrogens with two attached hydrogens (primary N) is 1. The van der Waals surface area contributed by atoms with Crippen molar-refractivity contribution in [3.05, 3.63) is 57.5 Å². The van der Waals surface area contributed by atoms with Crippen molar-refractivity contribution in [2.75, 3.05) is 25.1 Å². The van der Waals surface area contributed by atoms with E-state index in [9.17, 15) is 13.2 Å². The highest BCUT2D eigenvalue weighted by molar-refractivity contribution is 7.90. The minimum Gasteiger partial charge on any atom is -0.493 e. The van der Waals surface area contributed by atoms with Crippen LogP contribution in [0.5, 0.6) is 11.5 Å². The molecular formula is C20H22N4O5S. The van der Waals surface area contributed by atoms with Gasteiger partial charge in [0.25, 0.3) is 15.8 Å². The van der Waals surface area contributed by atoms with Gasteiger partial charge in [0.05, 0.1) is 31.0 Å². The molecule has 2 heterocycles. The third kappa shape index (κ3) is 3.37. The van der Waals surface area contributed by atoms with Crippen LogP contribution in [0, 0.1) is 0 Å². The van der Waals surface area contributed by atoms with Gasteiger partial charge in [-0.2, -0.15) is 13.5 Å². The first-order chi connectivity index (χ1) is 14.2. The second-order valence-electron chi connectivity index (χ2n) is 7.14. The number of anilines is 1. The smallest absolute Gasteiger partial charge is 0.299 e. The van der Waals surface area contributed by atoms with Crippen molar-refractivity contribution >= 4 is 26.7 Å². The van der Waals surface area contributed by atoms with E-state index in [1.54, 1.807) is 25.2 Å². The highest BCUT2D eigenvalue weighted by atomic mass is 32.2. The molecule has 2 aromatic carbocycles. The summed E-state index contributed by atoms with van der Waals surface area (Å²) in [5.41, 5.74) is 2.94. The summed E-state index contributed by atoms with van der Waals surface area (Å²) in [4.78, 5) is 12.6. The van der Waals surface area contributed by atoms with E-state index in [0.29, 0.717) is 53.0 Å². The average molecular weight is 430 g/mol. The zero-order valence-electron chi connectivity index (χ0n) is 16.9. The van der Waals surface area contributed by atoms with Gasteiger partial charge in [-0.25, -0.2) is 9.82 Å². The SMILES string of the molecule is COc1cc2c(Cc3ccc4c(c3)CCN4S(N)(=O)=O)nn(C)c(=O)c2cc1OC. The van der Waals surface area contributed by atoms with Crippen LogP contribution in [0.1, 0.15) is 16.8 Å². The van der Waals surface area contributed by atoms with Crippen LogP contribution in [0.2, 0.25) is 0 Å². The lowest BCUT2D eigenvalue weighted by Gasteiger charge is -2.16. The lowest BCUT2D eigenvalue weighted by Crippen LogP contribution is -2.35. The number of ether oxygens (including phenoxy) is 2. The van der Waals surface area contributed by atoms with Gasteiger partial charge in [-0.15, -0.1) is 0 Å². The van der Waals surface area contributed by atoms with Crippen LogP contribution in [0.15, 0.2) is 35.1 Å². The second-order valence-corrected chi connectivity index (χ2v) is 8.61. The van der Waals surface area contributed by atoms with Crippen molar-refractivity contribution in [3.8, 4) is 11.5 Å². The summed E-state index contributed by atoms with van der Waals surface area (Å²) in [5.74, 6) is 0.985. The third-order valence-corrected chi connectivity index (χ3v) is 6.30. The summed E-state index contributed by atoms with van der Waals surface area (Å²) in [6, 6.07) is 8.99. The molecule has 0 amide bonds. The molecule has 1 aliphatic rings. The molecule has 0 fully saturated rings. The molecule has 0 unspecified atom stereocenters. The van der Waals surface area contributed by atoms with Gasteiger partial charge >= 0.3 is 0 Å². The Hall–Kier alpha value is -3.11. The second kappa shape index (κ2) is 7.29. The maximum atomic E-state index is 12.6.